The first-order valence-corrected chi connectivity index (χ1v) is 5.47. The van der Waals surface area contributed by atoms with Gasteiger partial charge in [-0.05, 0) is 36.5 Å². The molecule has 0 spiro atoms. The fraction of sp³-hybridized carbons (Fsp3) is 0.333. The van der Waals surface area contributed by atoms with Gasteiger partial charge < -0.3 is 0 Å². The highest BCUT2D eigenvalue weighted by atomic mass is 32.1. The van der Waals surface area contributed by atoms with Crippen LogP contribution in [0.4, 0.5) is 0 Å². The van der Waals surface area contributed by atoms with Crippen LogP contribution in [0.5, 0.6) is 0 Å². The predicted octanol–water partition coefficient (Wildman–Crippen LogP) is 1.98. The lowest BCUT2D eigenvalue weighted by Crippen LogP contribution is -2.27. The van der Waals surface area contributed by atoms with Crippen molar-refractivity contribution in [3.63, 3.8) is 0 Å². The summed E-state index contributed by atoms with van der Waals surface area (Å²) in [6.45, 7) is 2.23. The number of benzene rings is 1. The van der Waals surface area contributed by atoms with Gasteiger partial charge in [-0.2, -0.15) is 12.6 Å². The third-order valence-corrected chi connectivity index (χ3v) is 2.30. The highest BCUT2D eigenvalue weighted by Crippen LogP contribution is 2.05. The lowest BCUT2D eigenvalue weighted by molar-refractivity contribution is 1.07. The van der Waals surface area contributed by atoms with Gasteiger partial charge in [-0.15, -0.1) is 0 Å². The minimum atomic E-state index is 1.21. The van der Waals surface area contributed by atoms with Crippen LogP contribution in [-0.4, -0.2) is 6.26 Å². The van der Waals surface area contributed by atoms with Crippen LogP contribution >= 0.6 is 12.6 Å². The average Bonchev–Trinajstić information content (AvgIpc) is 2.22. The zero-order valence-electron chi connectivity index (χ0n) is 8.25. The highest BCUT2D eigenvalue weighted by molar-refractivity contribution is 7.79. The fourth-order valence-electron chi connectivity index (χ4n) is 1.64. The molecule has 1 aromatic rings. The summed E-state index contributed by atoms with van der Waals surface area (Å²) in [5.41, 5.74) is 1.53. The minimum absolute atomic E-state index is 1.21. The Morgan fingerprint density at radius 3 is 2.54 bits per heavy atom. The Hall–Kier alpha value is -0.690. The van der Waals surface area contributed by atoms with Gasteiger partial charge in [-0.3, -0.25) is 0 Å². The molecule has 0 amide bonds. The van der Waals surface area contributed by atoms with E-state index >= 15 is 0 Å². The molecule has 13 heavy (non-hydrogen) atoms. The van der Waals surface area contributed by atoms with Crippen molar-refractivity contribution in [2.45, 2.75) is 19.8 Å². The van der Waals surface area contributed by atoms with Gasteiger partial charge in [-0.1, -0.05) is 35.9 Å². The number of thiol groups is 1. The Morgan fingerprint density at radius 2 is 1.85 bits per heavy atom. The third-order valence-electron chi connectivity index (χ3n) is 2.30. The van der Waals surface area contributed by atoms with Gasteiger partial charge >= 0.3 is 0 Å². The van der Waals surface area contributed by atoms with E-state index in [4.69, 9.17) is 0 Å². The van der Waals surface area contributed by atoms with Gasteiger partial charge in [0.25, 0.3) is 0 Å². The lowest BCUT2D eigenvalue weighted by atomic mass is 10.0. The van der Waals surface area contributed by atoms with E-state index in [1.807, 2.05) is 0 Å². The van der Waals surface area contributed by atoms with E-state index in [9.17, 15) is 0 Å². The van der Waals surface area contributed by atoms with E-state index < -0.39 is 0 Å². The molecule has 1 aromatic carbocycles. The number of fused-ring (bicyclic) bond motifs is 1. The average molecular weight is 192 g/mol. The second kappa shape index (κ2) is 5.13. The smallest absolute Gasteiger partial charge is 0.0198 e. The molecular weight excluding hydrogens is 176 g/mol. The topological polar surface area (TPSA) is 0 Å². The molecule has 1 heteroatoms. The van der Waals surface area contributed by atoms with E-state index in [0.29, 0.717) is 0 Å². The zero-order chi connectivity index (χ0) is 9.68. The van der Waals surface area contributed by atoms with Crippen molar-refractivity contribution < 1.29 is 0 Å². The summed E-state index contributed by atoms with van der Waals surface area (Å²) in [6, 6.07) is 8.62. The van der Waals surface area contributed by atoms with Crippen LogP contribution in [0.2, 0.25) is 0 Å². The first kappa shape index (κ1) is 10.4. The van der Waals surface area contributed by atoms with E-state index in [-0.39, 0.29) is 0 Å². The SMILES string of the molecule is CC1=c2ccccc2=CCC1.CS. The van der Waals surface area contributed by atoms with Crippen LogP contribution in [-0.2, 0) is 0 Å². The highest BCUT2D eigenvalue weighted by Gasteiger charge is 1.96. The summed E-state index contributed by atoms with van der Waals surface area (Å²) >= 11 is 3.53. The molecule has 0 N–H and O–H groups in total. The molecule has 1 aliphatic rings. The van der Waals surface area contributed by atoms with E-state index in [2.05, 4.69) is 49.9 Å². The van der Waals surface area contributed by atoms with Crippen molar-refractivity contribution in [3.05, 3.63) is 34.7 Å². The lowest BCUT2D eigenvalue weighted by Gasteiger charge is -2.04. The molecule has 0 heterocycles. The molecule has 1 aliphatic carbocycles. The Kier molecular flexibility index (Phi) is 4.10. The summed E-state index contributed by atoms with van der Waals surface area (Å²) in [7, 11) is 0. The molecule has 0 nitrogen and oxygen atoms in total. The quantitative estimate of drug-likeness (QED) is 0.597. The van der Waals surface area contributed by atoms with Gasteiger partial charge in [0.15, 0.2) is 0 Å². The fourth-order valence-corrected chi connectivity index (χ4v) is 1.64. The standard InChI is InChI=1S/C11H12.CH4S/c1-9-5-4-7-10-6-2-3-8-11(9)10;1-2/h2-3,6-8H,4-5H2,1H3;2H,1H3. The van der Waals surface area contributed by atoms with E-state index in [0.717, 1.165) is 0 Å². The Bertz CT molecular complexity index is 376. The second-order valence-corrected chi connectivity index (χ2v) is 3.11. The van der Waals surface area contributed by atoms with Crippen molar-refractivity contribution in [1.82, 2.24) is 0 Å². The van der Waals surface area contributed by atoms with Crippen molar-refractivity contribution in [2.75, 3.05) is 6.26 Å². The van der Waals surface area contributed by atoms with Crippen LogP contribution < -0.4 is 10.4 Å². The summed E-state index contributed by atoms with van der Waals surface area (Å²) < 4.78 is 0. The summed E-state index contributed by atoms with van der Waals surface area (Å²) in [5.74, 6) is 0. The van der Waals surface area contributed by atoms with Crippen LogP contribution in [0.3, 0.4) is 0 Å². The Labute approximate surface area is 85.4 Å². The van der Waals surface area contributed by atoms with E-state index in [1.54, 1.807) is 6.26 Å². The first-order valence-electron chi connectivity index (χ1n) is 4.58. The molecule has 70 valence electrons. The van der Waals surface area contributed by atoms with E-state index in [1.165, 1.54) is 28.9 Å². The summed E-state index contributed by atoms with van der Waals surface area (Å²) in [4.78, 5) is 0. The molecule has 0 aromatic heterocycles. The Morgan fingerprint density at radius 1 is 1.15 bits per heavy atom. The van der Waals surface area contributed by atoms with Crippen LogP contribution in [0.15, 0.2) is 24.3 Å². The second-order valence-electron chi connectivity index (χ2n) is 3.11. The molecule has 0 bridgehead atoms. The third kappa shape index (κ3) is 2.38. The van der Waals surface area contributed by atoms with Gasteiger partial charge in [0.05, 0.1) is 0 Å². The zero-order valence-corrected chi connectivity index (χ0v) is 9.14. The monoisotopic (exact) mass is 192 g/mol. The normalized spacial score (nSPS) is 13.6. The molecular formula is C12H16S. The molecule has 0 radical (unpaired) electrons. The molecule has 0 unspecified atom stereocenters. The molecule has 0 fully saturated rings. The van der Waals surface area contributed by atoms with Crippen LogP contribution in [0.1, 0.15) is 19.8 Å². The molecule has 0 atom stereocenters. The molecule has 0 aliphatic heterocycles. The maximum absolute atomic E-state index is 3.53. The molecule has 0 saturated carbocycles. The van der Waals surface area contributed by atoms with Crippen molar-refractivity contribution in [3.8, 4) is 0 Å². The first-order chi connectivity index (χ1) is 6.38. The van der Waals surface area contributed by atoms with Gasteiger partial charge in [-0.25, -0.2) is 0 Å². The van der Waals surface area contributed by atoms with Crippen molar-refractivity contribution in [2.24, 2.45) is 0 Å². The van der Waals surface area contributed by atoms with Gasteiger partial charge in [0.2, 0.25) is 0 Å². The van der Waals surface area contributed by atoms with Gasteiger partial charge in [0, 0.05) is 0 Å². The van der Waals surface area contributed by atoms with Crippen LogP contribution in [0, 0.1) is 0 Å². The predicted molar refractivity (Wildman–Crippen MR) is 63.4 cm³/mol. The maximum atomic E-state index is 3.53. The number of rotatable bonds is 0. The number of hydrogen-bond donors (Lipinski definition) is 1. The number of hydrogen-bond acceptors (Lipinski definition) is 1. The van der Waals surface area contributed by atoms with Crippen molar-refractivity contribution >= 4 is 24.3 Å². The maximum Gasteiger partial charge on any atom is -0.0198 e. The van der Waals surface area contributed by atoms with Gasteiger partial charge in [0.1, 0.15) is 0 Å². The molecule has 0 saturated heterocycles. The summed E-state index contributed by atoms with van der Waals surface area (Å²) in [6.07, 6.45) is 6.46. The minimum Gasteiger partial charge on any atom is -0.183 e. The summed E-state index contributed by atoms with van der Waals surface area (Å²) in [5, 5.41) is 2.86. The Balaban J connectivity index is 0.000000396. The van der Waals surface area contributed by atoms with Crippen LogP contribution in [0.25, 0.3) is 11.6 Å². The molecule has 2 rings (SSSR count). The van der Waals surface area contributed by atoms with Crippen molar-refractivity contribution in [1.29, 1.82) is 0 Å². The largest absolute Gasteiger partial charge is 0.183 e.